The molecule has 8 heteroatoms. The van der Waals surface area contributed by atoms with Gasteiger partial charge < -0.3 is 15.4 Å². The van der Waals surface area contributed by atoms with Crippen molar-refractivity contribution in [2.45, 2.75) is 38.0 Å². The smallest absolute Gasteiger partial charge is 0.255 e. The summed E-state index contributed by atoms with van der Waals surface area (Å²) in [6, 6.07) is 5.27. The minimum absolute atomic E-state index is 0.00604. The summed E-state index contributed by atoms with van der Waals surface area (Å²) in [5.74, 6) is -0.801. The van der Waals surface area contributed by atoms with E-state index in [1.807, 2.05) is 18.2 Å². The first-order valence-electron chi connectivity index (χ1n) is 9.33. The fourth-order valence-corrected chi connectivity index (χ4v) is 4.03. The molecule has 2 fully saturated rings. The third-order valence-electron chi connectivity index (χ3n) is 5.37. The van der Waals surface area contributed by atoms with Gasteiger partial charge in [-0.3, -0.25) is 24.6 Å². The number of fused-ring (bicyclic) bond motifs is 1. The molecule has 144 valence electrons. The molecule has 27 heavy (non-hydrogen) atoms. The van der Waals surface area contributed by atoms with Gasteiger partial charge in [0, 0.05) is 44.2 Å². The van der Waals surface area contributed by atoms with E-state index in [0.717, 1.165) is 30.8 Å². The maximum absolute atomic E-state index is 12.7. The molecular weight excluding hydrogens is 348 g/mol. The molecule has 2 atom stereocenters. The van der Waals surface area contributed by atoms with Crippen molar-refractivity contribution in [3.05, 3.63) is 34.9 Å². The molecule has 3 aliphatic rings. The van der Waals surface area contributed by atoms with Crippen LogP contribution in [0.4, 0.5) is 0 Å². The van der Waals surface area contributed by atoms with E-state index in [0.29, 0.717) is 31.7 Å². The fourth-order valence-electron chi connectivity index (χ4n) is 4.03. The van der Waals surface area contributed by atoms with Crippen molar-refractivity contribution in [3.63, 3.8) is 0 Å². The van der Waals surface area contributed by atoms with Gasteiger partial charge >= 0.3 is 0 Å². The Hall–Kier alpha value is -2.29. The highest BCUT2D eigenvalue weighted by Gasteiger charge is 2.39. The van der Waals surface area contributed by atoms with Crippen molar-refractivity contribution in [2.75, 3.05) is 26.3 Å². The number of ether oxygens (including phenoxy) is 1. The van der Waals surface area contributed by atoms with Crippen molar-refractivity contribution < 1.29 is 19.1 Å². The average molecular weight is 372 g/mol. The van der Waals surface area contributed by atoms with Crippen LogP contribution in [0.1, 0.15) is 34.3 Å². The van der Waals surface area contributed by atoms with Gasteiger partial charge in [-0.25, -0.2) is 0 Å². The van der Waals surface area contributed by atoms with Gasteiger partial charge in [-0.15, -0.1) is 0 Å². The van der Waals surface area contributed by atoms with Gasteiger partial charge in [0.1, 0.15) is 6.04 Å². The molecule has 0 saturated carbocycles. The molecule has 0 aromatic heterocycles. The Balaban J connectivity index is 1.47. The lowest BCUT2D eigenvalue weighted by Crippen LogP contribution is -2.52. The number of imide groups is 1. The van der Waals surface area contributed by atoms with Crippen LogP contribution in [0.25, 0.3) is 0 Å². The van der Waals surface area contributed by atoms with Gasteiger partial charge in [-0.1, -0.05) is 12.1 Å². The quantitative estimate of drug-likeness (QED) is 0.700. The third kappa shape index (κ3) is 3.73. The van der Waals surface area contributed by atoms with Gasteiger partial charge in [-0.2, -0.15) is 0 Å². The van der Waals surface area contributed by atoms with Crippen LogP contribution < -0.4 is 11.1 Å². The molecule has 8 nitrogen and oxygen atoms in total. The lowest BCUT2D eigenvalue weighted by Gasteiger charge is -2.29. The monoisotopic (exact) mass is 372 g/mol. The molecule has 1 aromatic carbocycles. The molecule has 2 unspecified atom stereocenters. The number of nitrogens with zero attached hydrogens (tertiary/aromatic N) is 2. The Morgan fingerprint density at radius 2 is 2.11 bits per heavy atom. The molecule has 4 rings (SSSR count). The van der Waals surface area contributed by atoms with Crippen LogP contribution in [0.3, 0.4) is 0 Å². The normalized spacial score (nSPS) is 26.7. The summed E-state index contributed by atoms with van der Waals surface area (Å²) in [5.41, 5.74) is 8.71. The second kappa shape index (κ2) is 7.38. The van der Waals surface area contributed by atoms with E-state index in [1.165, 1.54) is 0 Å². The van der Waals surface area contributed by atoms with Gasteiger partial charge in [0.2, 0.25) is 11.8 Å². The molecule has 1 aromatic rings. The Kier molecular flexibility index (Phi) is 4.94. The SMILES string of the molecule is NC1COCCN(Cc2ccc3c(c2)CN(C2CCC(=O)NC2=O)C3=O)C1. The second-order valence-corrected chi connectivity index (χ2v) is 7.46. The summed E-state index contributed by atoms with van der Waals surface area (Å²) in [6.45, 7) is 3.99. The molecule has 2 saturated heterocycles. The molecule has 0 bridgehead atoms. The van der Waals surface area contributed by atoms with Crippen molar-refractivity contribution in [3.8, 4) is 0 Å². The number of nitrogens with two attached hydrogens (primary N) is 1. The average Bonchev–Trinajstić information content (AvgIpc) is 2.80. The molecule has 0 aliphatic carbocycles. The first-order valence-corrected chi connectivity index (χ1v) is 9.33. The van der Waals surface area contributed by atoms with Gasteiger partial charge in [0.05, 0.1) is 13.2 Å². The summed E-state index contributed by atoms with van der Waals surface area (Å²) in [5, 5.41) is 2.33. The van der Waals surface area contributed by atoms with Crippen LogP contribution in [0.2, 0.25) is 0 Å². The number of amides is 3. The molecule has 3 aliphatic heterocycles. The number of carbonyl (C=O) groups is 3. The van der Waals surface area contributed by atoms with Crippen LogP contribution in [-0.4, -0.2) is 65.9 Å². The van der Waals surface area contributed by atoms with Gasteiger partial charge in [-0.05, 0) is 23.6 Å². The predicted molar refractivity (Wildman–Crippen MR) is 96.6 cm³/mol. The highest BCUT2D eigenvalue weighted by Crippen LogP contribution is 2.28. The standard InChI is InChI=1S/C19H24N4O4/c20-14-10-22(5-6-27-11-14)8-12-1-2-15-13(7-12)9-23(19(15)26)16-3-4-17(24)21-18(16)25/h1-2,7,14,16H,3-6,8-11,20H2,(H,21,24,25). The van der Waals surface area contributed by atoms with Crippen LogP contribution in [-0.2, 0) is 27.4 Å². The molecule has 0 spiro atoms. The zero-order chi connectivity index (χ0) is 19.0. The van der Waals surface area contributed by atoms with Gasteiger partial charge in [0.15, 0.2) is 0 Å². The van der Waals surface area contributed by atoms with Crippen molar-refractivity contribution in [1.82, 2.24) is 15.1 Å². The predicted octanol–water partition coefficient (Wildman–Crippen LogP) is -0.393. The lowest BCUT2D eigenvalue weighted by molar-refractivity contribution is -0.136. The first-order chi connectivity index (χ1) is 13.0. The minimum atomic E-state index is -0.577. The van der Waals surface area contributed by atoms with Gasteiger partial charge in [0.25, 0.3) is 5.91 Å². The number of carbonyl (C=O) groups excluding carboxylic acids is 3. The number of rotatable bonds is 3. The van der Waals surface area contributed by atoms with Crippen molar-refractivity contribution in [2.24, 2.45) is 5.73 Å². The van der Waals surface area contributed by atoms with Crippen LogP contribution in [0, 0.1) is 0 Å². The number of nitrogens with one attached hydrogen (secondary N) is 1. The number of benzene rings is 1. The largest absolute Gasteiger partial charge is 0.378 e. The van der Waals surface area contributed by atoms with E-state index in [-0.39, 0.29) is 30.2 Å². The number of piperidine rings is 1. The molecule has 3 amide bonds. The summed E-state index contributed by atoms with van der Waals surface area (Å²) in [7, 11) is 0. The van der Waals surface area contributed by atoms with Crippen LogP contribution in [0.15, 0.2) is 18.2 Å². The summed E-state index contributed by atoms with van der Waals surface area (Å²) in [6.07, 6.45) is 0.641. The maximum Gasteiger partial charge on any atom is 0.255 e. The van der Waals surface area contributed by atoms with Crippen molar-refractivity contribution >= 4 is 17.7 Å². The lowest BCUT2D eigenvalue weighted by atomic mass is 10.0. The van der Waals surface area contributed by atoms with Crippen LogP contribution >= 0.6 is 0 Å². The van der Waals surface area contributed by atoms with E-state index in [1.54, 1.807) is 4.90 Å². The molecule has 3 heterocycles. The molecular formula is C19H24N4O4. The maximum atomic E-state index is 12.7. The summed E-state index contributed by atoms with van der Waals surface area (Å²) in [4.78, 5) is 40.0. The summed E-state index contributed by atoms with van der Waals surface area (Å²) < 4.78 is 5.48. The van der Waals surface area contributed by atoms with E-state index in [9.17, 15) is 14.4 Å². The number of hydrogen-bond acceptors (Lipinski definition) is 6. The third-order valence-corrected chi connectivity index (χ3v) is 5.37. The highest BCUT2D eigenvalue weighted by atomic mass is 16.5. The molecule has 0 radical (unpaired) electrons. The topological polar surface area (TPSA) is 105 Å². The van der Waals surface area contributed by atoms with E-state index in [4.69, 9.17) is 10.5 Å². The van der Waals surface area contributed by atoms with Crippen LogP contribution in [0.5, 0.6) is 0 Å². The molecule has 3 N–H and O–H groups in total. The zero-order valence-corrected chi connectivity index (χ0v) is 15.1. The summed E-state index contributed by atoms with van der Waals surface area (Å²) >= 11 is 0. The van der Waals surface area contributed by atoms with E-state index >= 15 is 0 Å². The highest BCUT2D eigenvalue weighted by molar-refractivity contribution is 6.05. The Labute approximate surface area is 157 Å². The van der Waals surface area contributed by atoms with E-state index < -0.39 is 6.04 Å². The number of hydrogen-bond donors (Lipinski definition) is 2. The van der Waals surface area contributed by atoms with Crippen molar-refractivity contribution in [1.29, 1.82) is 0 Å². The minimum Gasteiger partial charge on any atom is -0.378 e. The second-order valence-electron chi connectivity index (χ2n) is 7.46. The first kappa shape index (κ1) is 18.1. The Morgan fingerprint density at radius 3 is 2.93 bits per heavy atom. The zero-order valence-electron chi connectivity index (χ0n) is 15.1. The van der Waals surface area contributed by atoms with E-state index in [2.05, 4.69) is 10.2 Å². The Morgan fingerprint density at radius 1 is 1.26 bits per heavy atom. The Bertz CT molecular complexity index is 781. The fraction of sp³-hybridized carbons (Fsp3) is 0.526.